The fourth-order valence-corrected chi connectivity index (χ4v) is 13.3. The molecule has 0 aromatic heterocycles. The van der Waals surface area contributed by atoms with Crippen molar-refractivity contribution in [2.24, 2.45) is 0 Å². The Kier molecular flexibility index (Phi) is 79.9. The Hall–Kier alpha value is -0.290. The molecular weight excluding hydrogens is 1090 g/mol. The molecule has 2 N–H and O–H groups in total. The minimum atomic E-state index is -5.17. The van der Waals surface area contributed by atoms with Crippen molar-refractivity contribution in [2.75, 3.05) is 66.6 Å². The van der Waals surface area contributed by atoms with E-state index in [-0.39, 0.29) is 0 Å². The maximum Gasteiger partial charge on any atom is 0.102 e. The van der Waals surface area contributed by atoms with Gasteiger partial charge in [0.05, 0.1) is 53.5 Å². The number of unbranched alkanes of at least 4 members (excludes halogenated alkanes) is 60. The van der Waals surface area contributed by atoms with E-state index in [9.17, 15) is 10.2 Å². The summed E-state index contributed by atoms with van der Waals surface area (Å²) in [5.41, 5.74) is 0. The molecule has 0 aromatic rings. The first kappa shape index (κ1) is 90.9. The predicted molar refractivity (Wildman–Crippen MR) is 384 cm³/mol. The molecule has 0 saturated heterocycles. The summed E-state index contributed by atoms with van der Waals surface area (Å²) in [5.74, 6) is 0. The van der Waals surface area contributed by atoms with Gasteiger partial charge in [-0.15, -0.1) is 0 Å². The quantitative estimate of drug-likeness (QED) is 0.0271. The zero-order valence-electron chi connectivity index (χ0n) is 60.7. The fourth-order valence-electron chi connectivity index (χ4n) is 13.3. The standard InChI is InChI=1S/2C39H82NO.H2O4S/c2*1-4-6-8-10-12-14-16-18-20-22-24-26-28-30-32-34-36-40(3,38-39-41)37-35-33-31-29-27-25-23-21-19-17-15-13-11-9-7-5-2;1-5(2,3)4/h2*41H,4-39H2,1-3H3;(H2,1,2,3,4)/q2*+1;/p-2. The lowest BCUT2D eigenvalue weighted by atomic mass is 10.0. The van der Waals surface area contributed by atoms with Crippen molar-refractivity contribution in [3.63, 3.8) is 0 Å². The lowest BCUT2D eigenvalue weighted by Gasteiger charge is -2.34. The maximum absolute atomic E-state index is 9.66. The molecule has 0 amide bonds. The van der Waals surface area contributed by atoms with Crippen LogP contribution in [0.5, 0.6) is 0 Å². The van der Waals surface area contributed by atoms with Crippen LogP contribution in [-0.2, 0) is 10.4 Å². The molecule has 0 aliphatic heterocycles. The summed E-state index contributed by atoms with van der Waals surface area (Å²) in [7, 11) is -0.376. The molecule has 87 heavy (non-hydrogen) atoms. The summed E-state index contributed by atoms with van der Waals surface area (Å²) in [5, 5.41) is 19.3. The Morgan fingerprint density at radius 3 is 0.391 bits per heavy atom. The van der Waals surface area contributed by atoms with Crippen LogP contribution in [0.4, 0.5) is 0 Å². The fraction of sp³-hybridized carbons (Fsp3) is 1.00. The van der Waals surface area contributed by atoms with E-state index >= 15 is 0 Å². The minimum absolute atomic E-state index is 0.341. The molecule has 0 saturated carbocycles. The molecule has 0 aliphatic carbocycles. The van der Waals surface area contributed by atoms with Crippen molar-refractivity contribution < 1.29 is 36.7 Å². The first-order chi connectivity index (χ1) is 42.4. The highest BCUT2D eigenvalue weighted by atomic mass is 32.3. The van der Waals surface area contributed by atoms with E-state index in [1.165, 1.54) is 437 Å². The number of hydrogen-bond donors (Lipinski definition) is 2. The second-order valence-corrected chi connectivity index (χ2v) is 29.5. The smallest absolute Gasteiger partial charge is 0.102 e. The van der Waals surface area contributed by atoms with Gasteiger partial charge in [-0.3, -0.25) is 8.42 Å². The molecular formula is C78H164N2O6S. The SMILES string of the molecule is CCCCCCCCCCCCCCCCCC[N+](C)(CCO)CCCCCCCCCCCCCCCCCC.CCCCCCCCCCCCCCCCCC[N+](C)(CCO)CCCCCCCCCCCCCCCCCC.O=S(=O)([O-])[O-]. The topological polar surface area (TPSA) is 121 Å². The van der Waals surface area contributed by atoms with Crippen LogP contribution in [0.2, 0.25) is 0 Å². The van der Waals surface area contributed by atoms with E-state index in [2.05, 4.69) is 41.8 Å². The third-order valence-electron chi connectivity index (χ3n) is 19.5. The van der Waals surface area contributed by atoms with Crippen molar-refractivity contribution in [1.82, 2.24) is 0 Å². The highest BCUT2D eigenvalue weighted by Gasteiger charge is 2.21. The Morgan fingerprint density at radius 2 is 0.299 bits per heavy atom. The summed E-state index contributed by atoms with van der Waals surface area (Å²) in [6.07, 6.45) is 91.9. The Labute approximate surface area is 549 Å². The van der Waals surface area contributed by atoms with E-state index < -0.39 is 10.4 Å². The lowest BCUT2D eigenvalue weighted by Crippen LogP contribution is -2.47. The molecule has 0 atom stereocenters. The van der Waals surface area contributed by atoms with E-state index in [1.54, 1.807) is 0 Å². The van der Waals surface area contributed by atoms with Gasteiger partial charge in [0.25, 0.3) is 0 Å². The average Bonchev–Trinajstić information content (AvgIpc) is 3.69. The Balaban J connectivity index is -0.00000150. The largest absolute Gasteiger partial charge is 0.759 e. The van der Waals surface area contributed by atoms with Crippen molar-refractivity contribution in [2.45, 2.75) is 439 Å². The first-order valence-corrected chi connectivity index (χ1v) is 41.3. The van der Waals surface area contributed by atoms with Gasteiger partial charge in [-0.2, -0.15) is 0 Å². The summed E-state index contributed by atoms with van der Waals surface area (Å²) < 4.78 is 36.3. The van der Waals surface area contributed by atoms with Gasteiger partial charge in [0.15, 0.2) is 0 Å². The van der Waals surface area contributed by atoms with Crippen molar-refractivity contribution >= 4 is 10.4 Å². The molecule has 0 radical (unpaired) electrons. The van der Waals surface area contributed by atoms with Crippen LogP contribution in [0, 0.1) is 0 Å². The number of likely N-dealkylation sites (N-methyl/N-ethyl adjacent to an activating group) is 2. The van der Waals surface area contributed by atoms with Gasteiger partial charge in [-0.25, -0.2) is 0 Å². The molecule has 9 heteroatoms. The molecule has 0 bridgehead atoms. The zero-order valence-corrected chi connectivity index (χ0v) is 61.6. The zero-order chi connectivity index (χ0) is 64.4. The third kappa shape index (κ3) is 85.7. The van der Waals surface area contributed by atoms with Crippen LogP contribution in [0.15, 0.2) is 0 Å². The van der Waals surface area contributed by atoms with Crippen LogP contribution in [0.3, 0.4) is 0 Å². The average molecular weight is 1260 g/mol. The van der Waals surface area contributed by atoms with Crippen LogP contribution in [-0.4, -0.2) is 103 Å². The van der Waals surface area contributed by atoms with Gasteiger partial charge in [0.2, 0.25) is 0 Å². The number of aliphatic hydroxyl groups excluding tert-OH is 2. The number of rotatable bonds is 72. The highest BCUT2D eigenvalue weighted by molar-refractivity contribution is 7.79. The second-order valence-electron chi connectivity index (χ2n) is 28.6. The van der Waals surface area contributed by atoms with Crippen LogP contribution in [0.1, 0.15) is 439 Å². The summed E-state index contributed by atoms with van der Waals surface area (Å²) in [4.78, 5) is 0. The van der Waals surface area contributed by atoms with E-state index in [4.69, 9.17) is 17.5 Å². The van der Waals surface area contributed by atoms with Crippen LogP contribution in [0.25, 0.3) is 0 Å². The second kappa shape index (κ2) is 76.4. The highest BCUT2D eigenvalue weighted by Crippen LogP contribution is 2.21. The number of nitrogens with zero attached hydrogens (tertiary/aromatic N) is 2. The van der Waals surface area contributed by atoms with E-state index in [0.29, 0.717) is 13.2 Å². The van der Waals surface area contributed by atoms with Gasteiger partial charge in [0, 0.05) is 10.4 Å². The minimum Gasteiger partial charge on any atom is -0.759 e. The lowest BCUT2D eigenvalue weighted by molar-refractivity contribution is -0.910. The van der Waals surface area contributed by atoms with Gasteiger partial charge in [-0.1, -0.05) is 387 Å². The van der Waals surface area contributed by atoms with Gasteiger partial charge >= 0.3 is 0 Å². The molecule has 8 nitrogen and oxygen atoms in total. The molecule has 0 spiro atoms. The Bertz CT molecular complexity index is 1170. The molecule has 0 aliphatic rings. The number of hydrogen-bond acceptors (Lipinski definition) is 6. The van der Waals surface area contributed by atoms with Crippen LogP contribution < -0.4 is 0 Å². The maximum atomic E-state index is 9.66. The molecule has 0 aromatic carbocycles. The van der Waals surface area contributed by atoms with Gasteiger partial charge < -0.3 is 28.3 Å². The Morgan fingerprint density at radius 1 is 0.207 bits per heavy atom. The first-order valence-electron chi connectivity index (χ1n) is 39.9. The van der Waals surface area contributed by atoms with E-state index in [1.807, 2.05) is 0 Å². The molecule has 0 rings (SSSR count). The predicted octanol–water partition coefficient (Wildman–Crippen LogP) is 24.6. The normalized spacial score (nSPS) is 12.0. The van der Waals surface area contributed by atoms with Crippen LogP contribution >= 0.6 is 0 Å². The van der Waals surface area contributed by atoms with Gasteiger partial charge in [-0.05, 0) is 51.4 Å². The number of aliphatic hydroxyl groups is 2. The molecule has 0 fully saturated rings. The third-order valence-corrected chi connectivity index (χ3v) is 19.5. The van der Waals surface area contributed by atoms with Crippen molar-refractivity contribution in [1.29, 1.82) is 0 Å². The van der Waals surface area contributed by atoms with Crippen molar-refractivity contribution in [3.05, 3.63) is 0 Å². The number of quaternary nitrogens is 2. The van der Waals surface area contributed by atoms with E-state index in [0.717, 1.165) is 22.1 Å². The molecule has 528 valence electrons. The molecule has 0 unspecified atom stereocenters. The van der Waals surface area contributed by atoms with Crippen molar-refractivity contribution in [3.8, 4) is 0 Å². The summed E-state index contributed by atoms with van der Waals surface area (Å²) >= 11 is 0. The summed E-state index contributed by atoms with van der Waals surface area (Å²) in [6, 6.07) is 0. The van der Waals surface area contributed by atoms with Gasteiger partial charge in [0.1, 0.15) is 13.1 Å². The monoisotopic (exact) mass is 1260 g/mol. The summed E-state index contributed by atoms with van der Waals surface area (Å²) in [6.45, 7) is 16.8. The molecule has 0 heterocycles.